The molecule has 0 aliphatic carbocycles. The maximum absolute atomic E-state index is 12.7. The normalized spacial score (nSPS) is 11.8. The second-order valence-electron chi connectivity index (χ2n) is 7.63. The lowest BCUT2D eigenvalue weighted by atomic mass is 10.0. The van der Waals surface area contributed by atoms with E-state index in [0.717, 1.165) is 32.8 Å². The van der Waals surface area contributed by atoms with Gasteiger partial charge in [0.1, 0.15) is 0 Å². The Morgan fingerprint density at radius 2 is 1.81 bits per heavy atom. The number of ketones is 1. The molecule has 0 aliphatic heterocycles. The Morgan fingerprint density at radius 3 is 2.50 bits per heavy atom. The van der Waals surface area contributed by atoms with Crippen molar-refractivity contribution in [1.82, 2.24) is 10.2 Å². The fourth-order valence-corrected chi connectivity index (χ4v) is 3.75. The van der Waals surface area contributed by atoms with Gasteiger partial charge in [0.2, 0.25) is 0 Å². The van der Waals surface area contributed by atoms with Crippen molar-refractivity contribution >= 4 is 47.4 Å². The second kappa shape index (κ2) is 8.02. The van der Waals surface area contributed by atoms with Crippen LogP contribution in [0.25, 0.3) is 10.9 Å². The first-order chi connectivity index (χ1) is 12.3. The van der Waals surface area contributed by atoms with Crippen molar-refractivity contribution in [3.8, 4) is 0 Å². The summed E-state index contributed by atoms with van der Waals surface area (Å²) in [5, 5.41) is 8.32. The minimum atomic E-state index is -1.09. The predicted molar refractivity (Wildman–Crippen MR) is 116 cm³/mol. The van der Waals surface area contributed by atoms with E-state index in [1.165, 1.54) is 0 Å². The Balaban J connectivity index is 1.77. The first-order valence-corrected chi connectivity index (χ1v) is 13.5. The Kier molecular flexibility index (Phi) is 5.94. The summed E-state index contributed by atoms with van der Waals surface area (Å²) in [5.74, 6) is 0.0232. The molecular formula is C20H23IN2O2Si. The van der Waals surface area contributed by atoms with E-state index >= 15 is 0 Å². The van der Waals surface area contributed by atoms with Crippen molar-refractivity contribution < 1.29 is 9.53 Å². The molecule has 1 aromatic heterocycles. The highest BCUT2D eigenvalue weighted by Gasteiger charge is 2.14. The molecule has 6 heteroatoms. The van der Waals surface area contributed by atoms with E-state index in [4.69, 9.17) is 4.74 Å². The zero-order valence-corrected chi connectivity index (χ0v) is 18.5. The molecule has 136 valence electrons. The molecule has 0 spiro atoms. The van der Waals surface area contributed by atoms with Crippen LogP contribution in [0, 0.1) is 3.57 Å². The third kappa shape index (κ3) is 4.80. The first-order valence-electron chi connectivity index (χ1n) is 8.68. The summed E-state index contributed by atoms with van der Waals surface area (Å²) in [5.41, 5.74) is 3.14. The van der Waals surface area contributed by atoms with E-state index in [-0.39, 0.29) is 5.78 Å². The van der Waals surface area contributed by atoms with Crippen LogP contribution in [0.5, 0.6) is 0 Å². The Labute approximate surface area is 168 Å². The quantitative estimate of drug-likeness (QED) is 0.218. The summed E-state index contributed by atoms with van der Waals surface area (Å²) in [6.45, 7) is 8.26. The van der Waals surface area contributed by atoms with Crippen LogP contribution in [0.4, 0.5) is 0 Å². The van der Waals surface area contributed by atoms with Crippen molar-refractivity contribution in [2.75, 3.05) is 6.61 Å². The number of carbonyl (C=O) groups excluding carboxylic acids is 1. The number of hydrogen-bond acceptors (Lipinski definition) is 3. The third-order valence-corrected chi connectivity index (χ3v) is 6.67. The van der Waals surface area contributed by atoms with Crippen molar-refractivity contribution in [2.24, 2.45) is 0 Å². The van der Waals surface area contributed by atoms with Gasteiger partial charge in [-0.05, 0) is 71.1 Å². The minimum absolute atomic E-state index is 0.0232. The van der Waals surface area contributed by atoms with Crippen LogP contribution in [0.3, 0.4) is 0 Å². The van der Waals surface area contributed by atoms with Crippen molar-refractivity contribution in [1.29, 1.82) is 0 Å². The minimum Gasteiger partial charge on any atom is -0.375 e. The van der Waals surface area contributed by atoms with Gasteiger partial charge in [0.15, 0.2) is 5.78 Å². The summed E-state index contributed by atoms with van der Waals surface area (Å²) < 4.78 is 6.95. The van der Waals surface area contributed by atoms with Crippen LogP contribution < -0.4 is 0 Å². The van der Waals surface area contributed by atoms with Crippen LogP contribution >= 0.6 is 22.6 Å². The highest BCUT2D eigenvalue weighted by Crippen LogP contribution is 2.21. The van der Waals surface area contributed by atoms with E-state index in [1.54, 1.807) is 0 Å². The number of aromatic nitrogens is 2. The standard InChI is InChI=1S/C20H23IN2O2Si/c1-26(2,3)11-10-25-13-19-17-12-15(6-9-18(17)22-23-19)20(24)14-4-7-16(21)8-5-14/h4-9,12H,10-11,13H2,1-3H3,(H,22,23). The van der Waals surface area contributed by atoms with E-state index in [2.05, 4.69) is 52.4 Å². The smallest absolute Gasteiger partial charge is 0.193 e. The molecule has 4 nitrogen and oxygen atoms in total. The number of fused-ring (bicyclic) bond motifs is 1. The molecule has 0 atom stereocenters. The Hall–Kier alpha value is -1.51. The number of benzene rings is 2. The molecule has 0 saturated carbocycles. The molecule has 0 radical (unpaired) electrons. The van der Waals surface area contributed by atoms with E-state index in [1.807, 2.05) is 42.5 Å². The van der Waals surface area contributed by atoms with Gasteiger partial charge in [0, 0.05) is 34.8 Å². The van der Waals surface area contributed by atoms with Gasteiger partial charge in [-0.2, -0.15) is 5.10 Å². The lowest BCUT2D eigenvalue weighted by Gasteiger charge is -2.15. The summed E-state index contributed by atoms with van der Waals surface area (Å²) in [7, 11) is -1.09. The predicted octanol–water partition coefficient (Wildman–Crippen LogP) is 5.25. The summed E-state index contributed by atoms with van der Waals surface area (Å²) in [4.78, 5) is 12.7. The molecule has 26 heavy (non-hydrogen) atoms. The topological polar surface area (TPSA) is 55.0 Å². The Bertz CT molecular complexity index is 914. The van der Waals surface area contributed by atoms with Gasteiger partial charge in [0.05, 0.1) is 17.8 Å². The maximum atomic E-state index is 12.7. The molecule has 0 amide bonds. The van der Waals surface area contributed by atoms with Gasteiger partial charge in [-0.3, -0.25) is 9.89 Å². The highest BCUT2D eigenvalue weighted by atomic mass is 127. The van der Waals surface area contributed by atoms with Crippen LogP contribution in [0.1, 0.15) is 21.6 Å². The molecule has 2 aromatic carbocycles. The van der Waals surface area contributed by atoms with Gasteiger partial charge in [-0.25, -0.2) is 0 Å². The fraction of sp³-hybridized carbons (Fsp3) is 0.300. The molecule has 3 aromatic rings. The van der Waals surface area contributed by atoms with E-state index < -0.39 is 8.07 Å². The number of hydrogen-bond donors (Lipinski definition) is 1. The summed E-state index contributed by atoms with van der Waals surface area (Å²) in [6.07, 6.45) is 0. The van der Waals surface area contributed by atoms with Gasteiger partial charge < -0.3 is 4.74 Å². The van der Waals surface area contributed by atoms with E-state index in [9.17, 15) is 4.79 Å². The van der Waals surface area contributed by atoms with Crippen LogP contribution in [0.2, 0.25) is 25.7 Å². The number of ether oxygens (including phenoxy) is 1. The summed E-state index contributed by atoms with van der Waals surface area (Å²) in [6, 6.07) is 14.4. The summed E-state index contributed by atoms with van der Waals surface area (Å²) >= 11 is 2.23. The van der Waals surface area contributed by atoms with Crippen LogP contribution in [0.15, 0.2) is 42.5 Å². The number of carbonyl (C=O) groups is 1. The molecule has 3 rings (SSSR count). The molecule has 0 bridgehead atoms. The first kappa shape index (κ1) is 19.3. The van der Waals surface area contributed by atoms with Crippen LogP contribution in [-0.2, 0) is 11.3 Å². The third-order valence-electron chi connectivity index (χ3n) is 4.24. The average molecular weight is 478 g/mol. The number of nitrogens with zero attached hydrogens (tertiary/aromatic N) is 1. The van der Waals surface area contributed by atoms with Crippen LogP contribution in [-0.4, -0.2) is 30.7 Å². The maximum Gasteiger partial charge on any atom is 0.193 e. The molecule has 1 N–H and O–H groups in total. The van der Waals surface area contributed by atoms with Crippen molar-refractivity contribution in [3.05, 3.63) is 62.9 Å². The molecular weight excluding hydrogens is 455 g/mol. The lowest BCUT2D eigenvalue weighted by molar-refractivity contribution is 0.103. The number of rotatable bonds is 7. The second-order valence-corrected chi connectivity index (χ2v) is 14.5. The van der Waals surface area contributed by atoms with Crippen molar-refractivity contribution in [2.45, 2.75) is 32.3 Å². The molecule has 1 heterocycles. The molecule has 0 saturated heterocycles. The molecule has 0 aliphatic rings. The SMILES string of the molecule is C[Si](C)(C)CCOCc1[nH]nc2ccc(C(=O)c3ccc(I)cc3)cc12. The fourth-order valence-electron chi connectivity index (χ4n) is 2.63. The number of H-pyrrole nitrogens is 1. The number of aromatic amines is 1. The monoisotopic (exact) mass is 478 g/mol. The Morgan fingerprint density at radius 1 is 1.12 bits per heavy atom. The largest absolute Gasteiger partial charge is 0.375 e. The number of halogens is 1. The lowest BCUT2D eigenvalue weighted by Crippen LogP contribution is -2.21. The average Bonchev–Trinajstić information content (AvgIpc) is 3.00. The van der Waals surface area contributed by atoms with E-state index in [0.29, 0.717) is 17.7 Å². The highest BCUT2D eigenvalue weighted by molar-refractivity contribution is 14.1. The van der Waals surface area contributed by atoms with Gasteiger partial charge in [-0.1, -0.05) is 19.6 Å². The van der Waals surface area contributed by atoms with Gasteiger partial charge >= 0.3 is 0 Å². The van der Waals surface area contributed by atoms with Gasteiger partial charge in [-0.15, -0.1) is 0 Å². The molecule has 0 fully saturated rings. The zero-order chi connectivity index (χ0) is 18.7. The number of nitrogens with one attached hydrogen (secondary N) is 1. The zero-order valence-electron chi connectivity index (χ0n) is 15.3. The molecule has 0 unspecified atom stereocenters. The van der Waals surface area contributed by atoms with Gasteiger partial charge in [0.25, 0.3) is 0 Å². The van der Waals surface area contributed by atoms with Crippen molar-refractivity contribution in [3.63, 3.8) is 0 Å².